The van der Waals surface area contributed by atoms with Gasteiger partial charge in [-0.1, -0.05) is 32.0 Å². The summed E-state index contributed by atoms with van der Waals surface area (Å²) in [4.78, 5) is 26.0. The molecule has 0 saturated carbocycles. The van der Waals surface area contributed by atoms with Gasteiger partial charge in [-0.15, -0.1) is 0 Å². The van der Waals surface area contributed by atoms with Crippen LogP contribution < -0.4 is 10.2 Å². The Morgan fingerprint density at radius 1 is 1.14 bits per heavy atom. The first-order valence-electron chi connectivity index (χ1n) is 9.58. The number of anilines is 2. The molecule has 3 rings (SSSR count). The van der Waals surface area contributed by atoms with Gasteiger partial charge in [0.25, 0.3) is 11.6 Å². The smallest absolute Gasteiger partial charge is 0.270 e. The molecule has 0 aromatic heterocycles. The third-order valence-corrected chi connectivity index (χ3v) is 5.02. The number of aryl methyl sites for hydroxylation is 2. The zero-order valence-corrected chi connectivity index (χ0v) is 16.2. The molecule has 28 heavy (non-hydrogen) atoms. The monoisotopic (exact) mass is 383 g/mol. The Kier molecular flexibility index (Phi) is 6.26. The predicted molar refractivity (Wildman–Crippen MR) is 109 cm³/mol. The van der Waals surface area contributed by atoms with Gasteiger partial charge in [0.1, 0.15) is 0 Å². The molecule has 0 radical (unpaired) electrons. The highest BCUT2D eigenvalue weighted by Crippen LogP contribution is 2.29. The van der Waals surface area contributed by atoms with Gasteiger partial charge in [-0.25, -0.2) is 0 Å². The SMILES string of the molecule is CCc1cccc(CC)c1NC(=O)c1cc([N+](=O)[O-])ccc1N1CCOCC1. The molecule has 148 valence electrons. The largest absolute Gasteiger partial charge is 0.378 e. The zero-order valence-electron chi connectivity index (χ0n) is 16.2. The van der Waals surface area contributed by atoms with Gasteiger partial charge in [0.15, 0.2) is 0 Å². The number of morpholine rings is 1. The summed E-state index contributed by atoms with van der Waals surface area (Å²) in [6.07, 6.45) is 1.57. The molecule has 1 saturated heterocycles. The molecule has 0 spiro atoms. The maximum absolute atomic E-state index is 13.2. The summed E-state index contributed by atoms with van der Waals surface area (Å²) in [5.41, 5.74) is 3.80. The third-order valence-electron chi connectivity index (χ3n) is 5.02. The minimum absolute atomic E-state index is 0.0957. The van der Waals surface area contributed by atoms with E-state index in [9.17, 15) is 14.9 Å². The van der Waals surface area contributed by atoms with E-state index in [0.717, 1.165) is 29.7 Å². The molecule has 0 aliphatic carbocycles. The average Bonchev–Trinajstić information content (AvgIpc) is 2.73. The van der Waals surface area contributed by atoms with Gasteiger partial charge in [-0.3, -0.25) is 14.9 Å². The molecular weight excluding hydrogens is 358 g/mol. The van der Waals surface area contributed by atoms with Crippen molar-refractivity contribution in [2.75, 3.05) is 36.5 Å². The predicted octanol–water partition coefficient (Wildman–Crippen LogP) is 3.81. The van der Waals surface area contributed by atoms with E-state index >= 15 is 0 Å². The Hall–Kier alpha value is -2.93. The van der Waals surface area contributed by atoms with Gasteiger partial charge in [-0.05, 0) is 30.0 Å². The summed E-state index contributed by atoms with van der Waals surface area (Å²) in [5.74, 6) is -0.333. The van der Waals surface area contributed by atoms with E-state index in [1.165, 1.54) is 12.1 Å². The Balaban J connectivity index is 2.00. The number of benzene rings is 2. The van der Waals surface area contributed by atoms with Crippen LogP contribution in [0.3, 0.4) is 0 Å². The fourth-order valence-corrected chi connectivity index (χ4v) is 3.48. The van der Waals surface area contributed by atoms with Crippen molar-refractivity contribution in [3.05, 3.63) is 63.2 Å². The number of nitrogens with zero attached hydrogens (tertiary/aromatic N) is 2. The van der Waals surface area contributed by atoms with Crippen molar-refractivity contribution in [2.24, 2.45) is 0 Å². The summed E-state index contributed by atoms with van der Waals surface area (Å²) in [6.45, 7) is 6.50. The van der Waals surface area contributed by atoms with Gasteiger partial charge in [0.05, 0.1) is 29.4 Å². The molecule has 0 atom stereocenters. The van der Waals surface area contributed by atoms with Crippen LogP contribution in [0, 0.1) is 10.1 Å². The number of rotatable bonds is 6. The molecule has 7 heteroatoms. The average molecular weight is 383 g/mol. The van der Waals surface area contributed by atoms with Crippen molar-refractivity contribution in [3.8, 4) is 0 Å². The van der Waals surface area contributed by atoms with E-state index in [2.05, 4.69) is 5.32 Å². The Morgan fingerprint density at radius 3 is 2.36 bits per heavy atom. The quantitative estimate of drug-likeness (QED) is 0.606. The van der Waals surface area contributed by atoms with Crippen LogP contribution in [0.4, 0.5) is 17.1 Å². The van der Waals surface area contributed by atoms with Gasteiger partial charge >= 0.3 is 0 Å². The fourth-order valence-electron chi connectivity index (χ4n) is 3.48. The number of nitro groups is 1. The van der Waals surface area contributed by atoms with Gasteiger partial charge in [0, 0.05) is 30.9 Å². The zero-order chi connectivity index (χ0) is 20.1. The molecule has 2 aromatic carbocycles. The van der Waals surface area contributed by atoms with Crippen molar-refractivity contribution in [1.29, 1.82) is 0 Å². The van der Waals surface area contributed by atoms with E-state index in [4.69, 9.17) is 4.74 Å². The van der Waals surface area contributed by atoms with Crippen molar-refractivity contribution in [1.82, 2.24) is 0 Å². The van der Waals surface area contributed by atoms with Crippen molar-refractivity contribution >= 4 is 23.0 Å². The second-order valence-corrected chi connectivity index (χ2v) is 6.67. The number of para-hydroxylation sites is 1. The summed E-state index contributed by atoms with van der Waals surface area (Å²) >= 11 is 0. The number of carbonyl (C=O) groups excluding carboxylic acids is 1. The van der Waals surface area contributed by atoms with E-state index in [1.54, 1.807) is 6.07 Å². The molecule has 1 amide bonds. The highest BCUT2D eigenvalue weighted by atomic mass is 16.6. The summed E-state index contributed by atoms with van der Waals surface area (Å²) in [7, 11) is 0. The number of nitrogens with one attached hydrogen (secondary N) is 1. The van der Waals surface area contributed by atoms with Crippen LogP contribution in [0.25, 0.3) is 0 Å². The van der Waals surface area contributed by atoms with Crippen LogP contribution in [0.2, 0.25) is 0 Å². The van der Waals surface area contributed by atoms with Crippen LogP contribution in [-0.2, 0) is 17.6 Å². The van der Waals surface area contributed by atoms with E-state index in [1.807, 2.05) is 36.9 Å². The highest BCUT2D eigenvalue weighted by molar-refractivity contribution is 6.09. The minimum Gasteiger partial charge on any atom is -0.378 e. The van der Waals surface area contributed by atoms with Crippen molar-refractivity contribution < 1.29 is 14.5 Å². The molecule has 2 aromatic rings. The summed E-state index contributed by atoms with van der Waals surface area (Å²) in [5, 5.41) is 14.3. The first-order valence-corrected chi connectivity index (χ1v) is 9.58. The summed E-state index contributed by atoms with van der Waals surface area (Å²) < 4.78 is 5.39. The van der Waals surface area contributed by atoms with E-state index < -0.39 is 4.92 Å². The van der Waals surface area contributed by atoms with Crippen LogP contribution in [-0.4, -0.2) is 37.1 Å². The normalized spacial score (nSPS) is 14.0. The molecule has 1 aliphatic heterocycles. The molecule has 0 bridgehead atoms. The number of nitro benzene ring substituents is 1. The van der Waals surface area contributed by atoms with Crippen molar-refractivity contribution in [3.63, 3.8) is 0 Å². The lowest BCUT2D eigenvalue weighted by Gasteiger charge is -2.30. The maximum atomic E-state index is 13.2. The minimum atomic E-state index is -0.475. The lowest BCUT2D eigenvalue weighted by atomic mass is 10.0. The number of non-ortho nitro benzene ring substituents is 1. The van der Waals surface area contributed by atoms with Gasteiger partial charge in [-0.2, -0.15) is 0 Å². The maximum Gasteiger partial charge on any atom is 0.270 e. The molecule has 1 aliphatic rings. The topological polar surface area (TPSA) is 84.7 Å². The molecule has 0 unspecified atom stereocenters. The molecule has 1 N–H and O–H groups in total. The van der Waals surface area contributed by atoms with Crippen LogP contribution in [0.5, 0.6) is 0 Å². The lowest BCUT2D eigenvalue weighted by molar-refractivity contribution is -0.384. The van der Waals surface area contributed by atoms with Crippen LogP contribution in [0.15, 0.2) is 36.4 Å². The molecule has 1 fully saturated rings. The Labute approximate surface area is 164 Å². The Morgan fingerprint density at radius 2 is 1.79 bits per heavy atom. The van der Waals surface area contributed by atoms with Crippen LogP contribution in [0.1, 0.15) is 35.3 Å². The fraction of sp³-hybridized carbons (Fsp3) is 0.381. The number of amides is 1. The van der Waals surface area contributed by atoms with Crippen molar-refractivity contribution in [2.45, 2.75) is 26.7 Å². The molecular formula is C21H25N3O4. The van der Waals surface area contributed by atoms with Crippen LogP contribution >= 0.6 is 0 Å². The lowest BCUT2D eigenvalue weighted by Crippen LogP contribution is -2.37. The Bertz CT molecular complexity index is 854. The standard InChI is InChI=1S/C21H25N3O4/c1-3-15-6-5-7-16(4-2)20(15)22-21(25)18-14-17(24(26)27)8-9-19(18)23-10-12-28-13-11-23/h5-9,14H,3-4,10-13H2,1-2H3,(H,22,25). The van der Waals surface area contributed by atoms with E-state index in [0.29, 0.717) is 37.6 Å². The molecule has 1 heterocycles. The number of hydrogen-bond donors (Lipinski definition) is 1. The highest BCUT2D eigenvalue weighted by Gasteiger charge is 2.23. The number of ether oxygens (including phenoxy) is 1. The third kappa shape index (κ3) is 4.14. The van der Waals surface area contributed by atoms with E-state index in [-0.39, 0.29) is 11.6 Å². The molecule has 7 nitrogen and oxygen atoms in total. The van der Waals surface area contributed by atoms with Gasteiger partial charge in [0.2, 0.25) is 0 Å². The first kappa shape index (κ1) is 19.8. The second-order valence-electron chi connectivity index (χ2n) is 6.67. The number of carbonyl (C=O) groups is 1. The van der Waals surface area contributed by atoms with Gasteiger partial charge < -0.3 is 15.0 Å². The first-order chi connectivity index (χ1) is 13.5. The second kappa shape index (κ2) is 8.84. The summed E-state index contributed by atoms with van der Waals surface area (Å²) in [6, 6.07) is 10.4. The number of hydrogen-bond acceptors (Lipinski definition) is 5.